The first-order valence-corrected chi connectivity index (χ1v) is 10.6. The summed E-state index contributed by atoms with van der Waals surface area (Å²) in [6, 6.07) is 23.3. The number of hydrogen-bond donors (Lipinski definition) is 1. The van der Waals surface area contributed by atoms with Crippen LogP contribution in [0.5, 0.6) is 0 Å². The zero-order chi connectivity index (χ0) is 21.5. The first-order valence-electron chi connectivity index (χ1n) is 9.83. The van der Waals surface area contributed by atoms with Crippen LogP contribution >= 0.6 is 11.3 Å². The van der Waals surface area contributed by atoms with E-state index < -0.39 is 17.7 Å². The highest BCUT2D eigenvalue weighted by Gasteiger charge is 2.48. The van der Waals surface area contributed by atoms with Gasteiger partial charge in [0, 0.05) is 5.56 Å². The predicted octanol–water partition coefficient (Wildman–Crippen LogP) is 5.23. The molecule has 5 rings (SSSR count). The van der Waals surface area contributed by atoms with Crippen LogP contribution in [0.1, 0.15) is 22.7 Å². The van der Waals surface area contributed by atoms with Crippen LogP contribution in [0.25, 0.3) is 16.0 Å². The average molecular weight is 426 g/mol. The van der Waals surface area contributed by atoms with Gasteiger partial charge in [0.1, 0.15) is 5.76 Å². The number of hydrogen-bond acceptors (Lipinski definition) is 5. The summed E-state index contributed by atoms with van der Waals surface area (Å²) >= 11 is 1.35. The van der Waals surface area contributed by atoms with E-state index in [-0.39, 0.29) is 11.3 Å². The highest BCUT2D eigenvalue weighted by Crippen LogP contribution is 2.44. The van der Waals surface area contributed by atoms with Crippen molar-refractivity contribution in [3.63, 3.8) is 0 Å². The third kappa shape index (κ3) is 3.21. The van der Waals surface area contributed by atoms with Crippen molar-refractivity contribution in [1.29, 1.82) is 0 Å². The second-order valence-electron chi connectivity index (χ2n) is 7.41. The molecule has 0 aliphatic carbocycles. The van der Waals surface area contributed by atoms with Gasteiger partial charge in [0.05, 0.1) is 21.8 Å². The molecule has 1 amide bonds. The molecule has 0 radical (unpaired) electrons. The monoisotopic (exact) mass is 426 g/mol. The molecule has 1 N–H and O–H groups in total. The Labute approximate surface area is 182 Å². The van der Waals surface area contributed by atoms with E-state index in [4.69, 9.17) is 0 Å². The maximum atomic E-state index is 13.2. The van der Waals surface area contributed by atoms with Gasteiger partial charge in [0.2, 0.25) is 0 Å². The molecule has 0 spiro atoms. The molecular formula is C25H18N2O3S. The van der Waals surface area contributed by atoms with Gasteiger partial charge in [-0.1, -0.05) is 83.6 Å². The van der Waals surface area contributed by atoms with Crippen molar-refractivity contribution in [2.24, 2.45) is 0 Å². The van der Waals surface area contributed by atoms with Gasteiger partial charge in [0.15, 0.2) is 5.13 Å². The summed E-state index contributed by atoms with van der Waals surface area (Å²) in [4.78, 5) is 32.3. The predicted molar refractivity (Wildman–Crippen MR) is 122 cm³/mol. The Morgan fingerprint density at radius 1 is 0.935 bits per heavy atom. The van der Waals surface area contributed by atoms with Gasteiger partial charge in [0.25, 0.3) is 5.78 Å². The van der Waals surface area contributed by atoms with E-state index in [2.05, 4.69) is 4.98 Å². The third-order valence-corrected chi connectivity index (χ3v) is 6.41. The molecule has 0 saturated carbocycles. The minimum atomic E-state index is -0.763. The number of aryl methyl sites for hydroxylation is 1. The number of fused-ring (bicyclic) bond motifs is 1. The van der Waals surface area contributed by atoms with Crippen molar-refractivity contribution in [2.45, 2.75) is 13.0 Å². The third-order valence-electron chi connectivity index (χ3n) is 5.37. The molecule has 1 fully saturated rings. The fourth-order valence-electron chi connectivity index (χ4n) is 3.81. The number of benzene rings is 3. The van der Waals surface area contributed by atoms with E-state index in [0.717, 1.165) is 21.3 Å². The zero-order valence-corrected chi connectivity index (χ0v) is 17.5. The summed E-state index contributed by atoms with van der Waals surface area (Å²) < 4.78 is 0.921. The van der Waals surface area contributed by atoms with Crippen LogP contribution in [0, 0.1) is 6.92 Å². The largest absolute Gasteiger partial charge is 0.507 e. The molecule has 5 nitrogen and oxygen atoms in total. The number of Topliss-reactive ketones (excluding diaryl/α,β-unsaturated/α-hetero) is 1. The fraction of sp³-hybridized carbons (Fsp3) is 0.0800. The number of rotatable bonds is 3. The van der Waals surface area contributed by atoms with Crippen LogP contribution in [0.3, 0.4) is 0 Å². The Kier molecular flexibility index (Phi) is 4.64. The second-order valence-corrected chi connectivity index (χ2v) is 8.42. The first kappa shape index (κ1) is 19.2. The number of carbonyl (C=O) groups is 2. The molecule has 1 aliphatic heterocycles. The number of ketones is 1. The van der Waals surface area contributed by atoms with Gasteiger partial charge in [-0.15, -0.1) is 0 Å². The molecule has 0 bridgehead atoms. The number of carbonyl (C=O) groups excluding carboxylic acids is 2. The number of para-hydroxylation sites is 1. The lowest BCUT2D eigenvalue weighted by Gasteiger charge is -2.23. The molecule has 31 heavy (non-hydrogen) atoms. The molecule has 6 heteroatoms. The number of anilines is 1. The summed E-state index contributed by atoms with van der Waals surface area (Å²) in [7, 11) is 0. The molecule has 152 valence electrons. The molecule has 3 aromatic carbocycles. The van der Waals surface area contributed by atoms with Crippen molar-refractivity contribution >= 4 is 44.1 Å². The number of amides is 1. The minimum Gasteiger partial charge on any atom is -0.507 e. The van der Waals surface area contributed by atoms with E-state index in [1.54, 1.807) is 24.3 Å². The number of thiazole rings is 1. The summed E-state index contributed by atoms with van der Waals surface area (Å²) in [5.41, 5.74) is 3.11. The molecule has 1 atom stereocenters. The Morgan fingerprint density at radius 2 is 1.61 bits per heavy atom. The van der Waals surface area contributed by atoms with Crippen LogP contribution in [0.2, 0.25) is 0 Å². The molecule has 4 aromatic rings. The lowest BCUT2D eigenvalue weighted by molar-refractivity contribution is -0.132. The number of nitrogens with zero attached hydrogens (tertiary/aromatic N) is 2. The molecule has 1 saturated heterocycles. The first-order chi connectivity index (χ1) is 15.0. The Bertz CT molecular complexity index is 1310. The molecule has 1 aliphatic rings. The van der Waals surface area contributed by atoms with Crippen molar-refractivity contribution in [2.75, 3.05) is 4.90 Å². The maximum absolute atomic E-state index is 13.2. The van der Waals surface area contributed by atoms with Crippen molar-refractivity contribution < 1.29 is 14.7 Å². The van der Waals surface area contributed by atoms with Crippen LogP contribution in [0.15, 0.2) is 84.4 Å². The van der Waals surface area contributed by atoms with Crippen LogP contribution in [0.4, 0.5) is 5.13 Å². The number of aromatic nitrogens is 1. The van der Waals surface area contributed by atoms with Crippen LogP contribution in [-0.4, -0.2) is 21.8 Å². The average Bonchev–Trinajstić information content (AvgIpc) is 3.33. The Balaban J connectivity index is 1.74. The van der Waals surface area contributed by atoms with Crippen LogP contribution in [-0.2, 0) is 9.59 Å². The molecule has 0 unspecified atom stereocenters. The van der Waals surface area contributed by atoms with Crippen molar-refractivity contribution in [1.82, 2.24) is 4.98 Å². The van der Waals surface area contributed by atoms with Gasteiger partial charge in [-0.05, 0) is 24.6 Å². The topological polar surface area (TPSA) is 70.5 Å². The molecular weight excluding hydrogens is 408 g/mol. The lowest BCUT2D eigenvalue weighted by Crippen LogP contribution is -2.29. The van der Waals surface area contributed by atoms with E-state index in [0.29, 0.717) is 10.7 Å². The smallest absolute Gasteiger partial charge is 0.301 e. The Morgan fingerprint density at radius 3 is 2.32 bits per heavy atom. The van der Waals surface area contributed by atoms with E-state index in [1.807, 2.05) is 61.5 Å². The van der Waals surface area contributed by atoms with Gasteiger partial charge >= 0.3 is 5.91 Å². The Hall–Kier alpha value is -3.77. The fourth-order valence-corrected chi connectivity index (χ4v) is 4.80. The van der Waals surface area contributed by atoms with Crippen LogP contribution < -0.4 is 4.90 Å². The SMILES string of the molecule is Cc1ccc([C@H]2C(=C(O)c3ccccc3)C(=O)C(=O)N2c2nc3ccccc3s2)cc1. The highest BCUT2D eigenvalue weighted by atomic mass is 32.1. The lowest BCUT2D eigenvalue weighted by atomic mass is 9.95. The van der Waals surface area contributed by atoms with Gasteiger partial charge in [-0.3, -0.25) is 14.5 Å². The quantitative estimate of drug-likeness (QED) is 0.277. The number of aliphatic hydroxyl groups excluding tert-OH is 1. The summed E-state index contributed by atoms with van der Waals surface area (Å²) in [6.45, 7) is 1.97. The summed E-state index contributed by atoms with van der Waals surface area (Å²) in [5.74, 6) is -1.60. The summed E-state index contributed by atoms with van der Waals surface area (Å²) in [6.07, 6.45) is 0. The van der Waals surface area contributed by atoms with Gasteiger partial charge in [-0.2, -0.15) is 0 Å². The molecule has 2 heterocycles. The maximum Gasteiger partial charge on any atom is 0.301 e. The van der Waals surface area contributed by atoms with Gasteiger partial charge < -0.3 is 5.11 Å². The normalized spacial score (nSPS) is 18.1. The number of aliphatic hydroxyl groups is 1. The standard InChI is InChI=1S/C25H18N2O3S/c1-15-11-13-16(14-12-15)21-20(22(28)17-7-3-2-4-8-17)23(29)24(30)27(21)25-26-18-9-5-6-10-19(18)31-25/h2-14,21,28H,1H3/t21-/m0/s1. The van der Waals surface area contributed by atoms with Crippen molar-refractivity contribution in [3.8, 4) is 0 Å². The van der Waals surface area contributed by atoms with E-state index in [1.165, 1.54) is 16.2 Å². The van der Waals surface area contributed by atoms with E-state index in [9.17, 15) is 14.7 Å². The minimum absolute atomic E-state index is 0.0688. The summed E-state index contributed by atoms with van der Waals surface area (Å²) in [5, 5.41) is 11.5. The zero-order valence-electron chi connectivity index (χ0n) is 16.6. The van der Waals surface area contributed by atoms with E-state index >= 15 is 0 Å². The second kappa shape index (κ2) is 7.49. The van der Waals surface area contributed by atoms with Gasteiger partial charge in [-0.25, -0.2) is 4.98 Å². The molecule has 1 aromatic heterocycles. The highest BCUT2D eigenvalue weighted by molar-refractivity contribution is 7.22. The van der Waals surface area contributed by atoms with Crippen molar-refractivity contribution in [3.05, 3.63) is 101 Å².